The predicted molar refractivity (Wildman–Crippen MR) is 61.8 cm³/mol. The Labute approximate surface area is 101 Å². The molecule has 2 aromatic rings. The number of nitrogens with zero attached hydrogens (tertiary/aromatic N) is 3. The number of H-pyrrole nitrogens is 1. The van der Waals surface area contributed by atoms with Gasteiger partial charge in [0.2, 0.25) is 5.82 Å². The molecular formula is C9H8ClN5O2. The maximum absolute atomic E-state index is 10.8. The zero-order valence-corrected chi connectivity index (χ0v) is 9.31. The van der Waals surface area contributed by atoms with Gasteiger partial charge in [0.1, 0.15) is 0 Å². The van der Waals surface area contributed by atoms with E-state index in [0.717, 1.165) is 5.69 Å². The molecule has 0 aliphatic carbocycles. The number of aromatic amines is 1. The van der Waals surface area contributed by atoms with Crippen LogP contribution in [-0.2, 0) is 6.54 Å². The van der Waals surface area contributed by atoms with Crippen molar-refractivity contribution in [2.75, 3.05) is 5.32 Å². The Morgan fingerprint density at radius 3 is 3.00 bits per heavy atom. The van der Waals surface area contributed by atoms with Crippen molar-refractivity contribution in [3.8, 4) is 0 Å². The molecule has 2 heterocycles. The second kappa shape index (κ2) is 4.79. The SMILES string of the molecule is O=[N+]([O-])c1cc(Cl)cnc1NCc1cnc[nH]1. The Bertz CT molecular complexity index is 528. The molecule has 0 aliphatic rings. The molecule has 2 aromatic heterocycles. The maximum Gasteiger partial charge on any atom is 0.312 e. The van der Waals surface area contributed by atoms with Gasteiger partial charge in [-0.15, -0.1) is 0 Å². The summed E-state index contributed by atoms with van der Waals surface area (Å²) >= 11 is 5.65. The first kappa shape index (κ1) is 11.3. The van der Waals surface area contributed by atoms with Crippen LogP contribution in [0.4, 0.5) is 11.5 Å². The molecule has 2 rings (SSSR count). The summed E-state index contributed by atoms with van der Waals surface area (Å²) in [5.74, 6) is 0.175. The van der Waals surface area contributed by atoms with E-state index in [-0.39, 0.29) is 16.5 Å². The van der Waals surface area contributed by atoms with Crippen molar-refractivity contribution in [2.45, 2.75) is 6.54 Å². The zero-order valence-electron chi connectivity index (χ0n) is 8.55. The Morgan fingerprint density at radius 1 is 1.53 bits per heavy atom. The highest BCUT2D eigenvalue weighted by Gasteiger charge is 2.15. The molecule has 0 saturated carbocycles. The lowest BCUT2D eigenvalue weighted by Gasteiger charge is -2.04. The number of imidazole rings is 1. The number of nitrogens with one attached hydrogen (secondary N) is 2. The van der Waals surface area contributed by atoms with Crippen molar-refractivity contribution < 1.29 is 4.92 Å². The standard InChI is InChI=1S/C9H8ClN5O2/c10-6-1-8(15(16)17)9(12-2-6)13-4-7-3-11-5-14-7/h1-3,5H,4H2,(H,11,14)(H,12,13). The molecule has 0 atom stereocenters. The predicted octanol–water partition coefficient (Wildman–Crippen LogP) is 1.98. The number of hydrogen-bond acceptors (Lipinski definition) is 5. The van der Waals surface area contributed by atoms with Crippen molar-refractivity contribution in [1.29, 1.82) is 0 Å². The van der Waals surface area contributed by atoms with Crippen molar-refractivity contribution in [3.05, 3.63) is 45.6 Å². The third kappa shape index (κ3) is 2.70. The Kier molecular flexibility index (Phi) is 3.20. The smallest absolute Gasteiger partial charge is 0.312 e. The van der Waals surface area contributed by atoms with Gasteiger partial charge in [-0.05, 0) is 0 Å². The van der Waals surface area contributed by atoms with Crippen LogP contribution in [0.25, 0.3) is 0 Å². The van der Waals surface area contributed by atoms with E-state index in [4.69, 9.17) is 11.6 Å². The van der Waals surface area contributed by atoms with E-state index in [1.54, 1.807) is 6.20 Å². The molecule has 0 aliphatic heterocycles. The fraction of sp³-hybridized carbons (Fsp3) is 0.111. The van der Waals surface area contributed by atoms with Crippen molar-refractivity contribution >= 4 is 23.1 Å². The summed E-state index contributed by atoms with van der Waals surface area (Å²) in [5, 5.41) is 13.8. The Balaban J connectivity index is 2.17. The lowest BCUT2D eigenvalue weighted by atomic mass is 10.3. The summed E-state index contributed by atoms with van der Waals surface area (Å²) in [4.78, 5) is 20.8. The highest BCUT2D eigenvalue weighted by Crippen LogP contribution is 2.25. The number of rotatable bonds is 4. The molecule has 17 heavy (non-hydrogen) atoms. The average Bonchev–Trinajstić information content (AvgIpc) is 2.80. The topological polar surface area (TPSA) is 96.7 Å². The zero-order chi connectivity index (χ0) is 12.3. The minimum atomic E-state index is -0.534. The Morgan fingerprint density at radius 2 is 2.35 bits per heavy atom. The van der Waals surface area contributed by atoms with Crippen molar-refractivity contribution in [2.24, 2.45) is 0 Å². The van der Waals surface area contributed by atoms with E-state index in [1.807, 2.05) is 0 Å². The molecule has 7 nitrogen and oxygen atoms in total. The molecule has 8 heteroatoms. The Hall–Kier alpha value is -2.15. The minimum absolute atomic E-state index is 0.156. The van der Waals surface area contributed by atoms with Crippen LogP contribution in [0, 0.1) is 10.1 Å². The minimum Gasteiger partial charge on any atom is -0.359 e. The van der Waals surface area contributed by atoms with Crippen LogP contribution in [0.5, 0.6) is 0 Å². The van der Waals surface area contributed by atoms with Gasteiger partial charge < -0.3 is 10.3 Å². The van der Waals surface area contributed by atoms with Gasteiger partial charge in [-0.3, -0.25) is 10.1 Å². The van der Waals surface area contributed by atoms with E-state index >= 15 is 0 Å². The summed E-state index contributed by atoms with van der Waals surface area (Å²) in [6.07, 6.45) is 4.50. The fourth-order valence-corrected chi connectivity index (χ4v) is 1.42. The first-order chi connectivity index (χ1) is 8.16. The van der Waals surface area contributed by atoms with Gasteiger partial charge in [0.15, 0.2) is 0 Å². The van der Waals surface area contributed by atoms with E-state index in [2.05, 4.69) is 20.3 Å². The maximum atomic E-state index is 10.8. The lowest BCUT2D eigenvalue weighted by Crippen LogP contribution is -2.04. The van der Waals surface area contributed by atoms with Crippen molar-refractivity contribution in [3.63, 3.8) is 0 Å². The van der Waals surface area contributed by atoms with Gasteiger partial charge in [0.25, 0.3) is 0 Å². The number of hydrogen-bond donors (Lipinski definition) is 2. The molecule has 0 bridgehead atoms. The molecule has 0 spiro atoms. The summed E-state index contributed by atoms with van der Waals surface area (Å²) in [6, 6.07) is 1.25. The second-order valence-corrected chi connectivity index (χ2v) is 3.65. The number of anilines is 1. The molecule has 0 unspecified atom stereocenters. The molecular weight excluding hydrogens is 246 g/mol. The van der Waals surface area contributed by atoms with E-state index in [1.165, 1.54) is 18.6 Å². The molecule has 0 radical (unpaired) electrons. The second-order valence-electron chi connectivity index (χ2n) is 3.21. The fourth-order valence-electron chi connectivity index (χ4n) is 1.26. The average molecular weight is 254 g/mol. The van der Waals surface area contributed by atoms with Crippen LogP contribution < -0.4 is 5.32 Å². The third-order valence-electron chi connectivity index (χ3n) is 2.03. The number of nitro groups is 1. The molecule has 0 fully saturated rings. The molecule has 0 amide bonds. The summed E-state index contributed by atoms with van der Waals surface area (Å²) in [5.41, 5.74) is 0.646. The molecule has 2 N–H and O–H groups in total. The summed E-state index contributed by atoms with van der Waals surface area (Å²) < 4.78 is 0. The van der Waals surface area contributed by atoms with E-state index < -0.39 is 4.92 Å². The van der Waals surface area contributed by atoms with Gasteiger partial charge in [-0.25, -0.2) is 9.97 Å². The molecule has 0 saturated heterocycles. The van der Waals surface area contributed by atoms with Crippen LogP contribution in [0.1, 0.15) is 5.69 Å². The lowest BCUT2D eigenvalue weighted by molar-refractivity contribution is -0.384. The van der Waals surface area contributed by atoms with E-state index in [0.29, 0.717) is 6.54 Å². The van der Waals surface area contributed by atoms with Gasteiger partial charge in [-0.1, -0.05) is 11.6 Å². The van der Waals surface area contributed by atoms with Crippen LogP contribution in [0.2, 0.25) is 5.02 Å². The molecule has 0 aromatic carbocycles. The van der Waals surface area contributed by atoms with Crippen LogP contribution in [0.15, 0.2) is 24.8 Å². The monoisotopic (exact) mass is 253 g/mol. The van der Waals surface area contributed by atoms with Crippen LogP contribution >= 0.6 is 11.6 Å². The van der Waals surface area contributed by atoms with Gasteiger partial charge in [0.05, 0.1) is 28.5 Å². The molecule has 88 valence electrons. The quantitative estimate of drug-likeness (QED) is 0.641. The highest BCUT2D eigenvalue weighted by molar-refractivity contribution is 6.30. The van der Waals surface area contributed by atoms with Gasteiger partial charge >= 0.3 is 5.69 Å². The normalized spacial score (nSPS) is 10.2. The first-order valence-corrected chi connectivity index (χ1v) is 5.05. The van der Waals surface area contributed by atoms with Crippen molar-refractivity contribution in [1.82, 2.24) is 15.0 Å². The third-order valence-corrected chi connectivity index (χ3v) is 2.24. The summed E-state index contributed by atoms with van der Waals surface area (Å²) in [6.45, 7) is 0.371. The number of pyridine rings is 1. The summed E-state index contributed by atoms with van der Waals surface area (Å²) in [7, 11) is 0. The van der Waals surface area contributed by atoms with Crippen LogP contribution in [0.3, 0.4) is 0 Å². The number of aromatic nitrogens is 3. The van der Waals surface area contributed by atoms with E-state index in [9.17, 15) is 10.1 Å². The van der Waals surface area contributed by atoms with Gasteiger partial charge in [0, 0.05) is 18.5 Å². The number of halogens is 1. The largest absolute Gasteiger partial charge is 0.359 e. The van der Waals surface area contributed by atoms with Gasteiger partial charge in [-0.2, -0.15) is 0 Å². The first-order valence-electron chi connectivity index (χ1n) is 4.68. The van der Waals surface area contributed by atoms with Crippen LogP contribution in [-0.4, -0.2) is 19.9 Å². The highest BCUT2D eigenvalue weighted by atomic mass is 35.5.